The van der Waals surface area contributed by atoms with Crippen LogP contribution in [-0.2, 0) is 6.54 Å². The third kappa shape index (κ3) is 2.39. The minimum Gasteiger partial charge on any atom is -0.399 e. The molecule has 4 nitrogen and oxygen atoms in total. The van der Waals surface area contributed by atoms with Crippen LogP contribution in [0.4, 0.5) is 5.69 Å². The van der Waals surface area contributed by atoms with Crippen LogP contribution >= 0.6 is 0 Å². The van der Waals surface area contributed by atoms with Gasteiger partial charge in [-0.05, 0) is 18.6 Å². The molecule has 1 aromatic carbocycles. The zero-order valence-electron chi connectivity index (χ0n) is 9.43. The zero-order valence-corrected chi connectivity index (χ0v) is 9.43. The van der Waals surface area contributed by atoms with Crippen molar-refractivity contribution < 1.29 is 0 Å². The predicted octanol–water partition coefficient (Wildman–Crippen LogP) is 2.33. The van der Waals surface area contributed by atoms with Gasteiger partial charge in [0.1, 0.15) is 6.33 Å². The Morgan fingerprint density at radius 3 is 3.00 bits per heavy atom. The highest BCUT2D eigenvalue weighted by Crippen LogP contribution is 2.16. The molecule has 2 rings (SSSR count). The summed E-state index contributed by atoms with van der Waals surface area (Å²) in [5.41, 5.74) is 7.43. The summed E-state index contributed by atoms with van der Waals surface area (Å²) in [5, 5.41) is 4.41. The summed E-state index contributed by atoms with van der Waals surface area (Å²) in [7, 11) is 0. The fraction of sp³-hybridized carbons (Fsp3) is 0.333. The molecule has 0 spiro atoms. The van der Waals surface area contributed by atoms with Crippen molar-refractivity contribution in [2.45, 2.75) is 26.3 Å². The molecule has 84 valence electrons. The van der Waals surface area contributed by atoms with E-state index in [1.807, 2.05) is 28.9 Å². The summed E-state index contributed by atoms with van der Waals surface area (Å²) < 4.78 is 1.88. The molecule has 0 unspecified atom stereocenters. The van der Waals surface area contributed by atoms with Gasteiger partial charge < -0.3 is 5.73 Å². The first-order valence-corrected chi connectivity index (χ1v) is 5.55. The molecule has 2 N–H and O–H groups in total. The van der Waals surface area contributed by atoms with Gasteiger partial charge in [0.2, 0.25) is 0 Å². The molecule has 0 amide bonds. The standard InChI is InChI=1S/C12H16N4/c1-2-3-7-16-9-14-12(15-16)10-5-4-6-11(13)8-10/h4-6,8-9H,2-3,7,13H2,1H3. The number of rotatable bonds is 4. The highest BCUT2D eigenvalue weighted by molar-refractivity contribution is 5.60. The number of aryl methyl sites for hydroxylation is 1. The molecular weight excluding hydrogens is 200 g/mol. The second-order valence-corrected chi connectivity index (χ2v) is 3.81. The lowest BCUT2D eigenvalue weighted by Crippen LogP contribution is -1.98. The molecule has 2 aromatic rings. The predicted molar refractivity (Wildman–Crippen MR) is 64.8 cm³/mol. The van der Waals surface area contributed by atoms with E-state index in [1.165, 1.54) is 0 Å². The zero-order chi connectivity index (χ0) is 11.4. The number of anilines is 1. The lowest BCUT2D eigenvalue weighted by atomic mass is 10.2. The Morgan fingerprint density at radius 2 is 2.25 bits per heavy atom. The summed E-state index contributed by atoms with van der Waals surface area (Å²) in [6.07, 6.45) is 4.06. The van der Waals surface area contributed by atoms with Crippen LogP contribution in [0.3, 0.4) is 0 Å². The number of nitrogens with zero attached hydrogens (tertiary/aromatic N) is 3. The van der Waals surface area contributed by atoms with Gasteiger partial charge in [0, 0.05) is 17.8 Å². The Balaban J connectivity index is 2.18. The molecule has 16 heavy (non-hydrogen) atoms. The first-order chi connectivity index (χ1) is 7.79. The molecule has 0 radical (unpaired) electrons. The molecule has 1 heterocycles. The van der Waals surface area contributed by atoms with E-state index >= 15 is 0 Å². The van der Waals surface area contributed by atoms with Gasteiger partial charge in [-0.15, -0.1) is 0 Å². The van der Waals surface area contributed by atoms with Crippen molar-refractivity contribution in [3.8, 4) is 11.4 Å². The molecule has 0 saturated heterocycles. The van der Waals surface area contributed by atoms with Crippen molar-refractivity contribution in [1.29, 1.82) is 0 Å². The van der Waals surface area contributed by atoms with Gasteiger partial charge in [0.15, 0.2) is 5.82 Å². The minimum atomic E-state index is 0.738. The summed E-state index contributed by atoms with van der Waals surface area (Å²) in [5.74, 6) is 0.739. The number of hydrogen-bond acceptors (Lipinski definition) is 3. The molecule has 0 aliphatic heterocycles. The molecule has 1 aromatic heterocycles. The Bertz CT molecular complexity index is 462. The lowest BCUT2D eigenvalue weighted by molar-refractivity contribution is 0.571. The van der Waals surface area contributed by atoms with E-state index in [1.54, 1.807) is 6.33 Å². The molecule has 0 fully saturated rings. The topological polar surface area (TPSA) is 56.7 Å². The molecule has 0 atom stereocenters. The van der Waals surface area contributed by atoms with E-state index in [-0.39, 0.29) is 0 Å². The van der Waals surface area contributed by atoms with Crippen LogP contribution < -0.4 is 5.73 Å². The van der Waals surface area contributed by atoms with E-state index in [0.29, 0.717) is 0 Å². The lowest BCUT2D eigenvalue weighted by Gasteiger charge is -1.98. The monoisotopic (exact) mass is 216 g/mol. The van der Waals surface area contributed by atoms with E-state index in [0.717, 1.165) is 36.5 Å². The van der Waals surface area contributed by atoms with Gasteiger partial charge in [-0.2, -0.15) is 5.10 Å². The van der Waals surface area contributed by atoms with Crippen molar-refractivity contribution in [3.05, 3.63) is 30.6 Å². The van der Waals surface area contributed by atoms with Gasteiger partial charge in [-0.1, -0.05) is 25.5 Å². The van der Waals surface area contributed by atoms with Crippen LogP contribution in [0, 0.1) is 0 Å². The van der Waals surface area contributed by atoms with Crippen molar-refractivity contribution in [2.75, 3.05) is 5.73 Å². The van der Waals surface area contributed by atoms with Crippen LogP contribution in [0.2, 0.25) is 0 Å². The van der Waals surface area contributed by atoms with Gasteiger partial charge in [-0.3, -0.25) is 4.68 Å². The van der Waals surface area contributed by atoms with E-state index in [9.17, 15) is 0 Å². The van der Waals surface area contributed by atoms with Gasteiger partial charge in [0.05, 0.1) is 0 Å². The maximum atomic E-state index is 5.72. The first kappa shape index (κ1) is 10.7. The molecule has 0 aliphatic carbocycles. The number of nitrogens with two attached hydrogens (primary N) is 1. The van der Waals surface area contributed by atoms with E-state index < -0.39 is 0 Å². The SMILES string of the molecule is CCCCn1cnc(-c2cccc(N)c2)n1. The maximum absolute atomic E-state index is 5.72. The normalized spacial score (nSPS) is 10.6. The molecule has 4 heteroatoms. The average molecular weight is 216 g/mol. The largest absolute Gasteiger partial charge is 0.399 e. The molecule has 0 bridgehead atoms. The third-order valence-electron chi connectivity index (χ3n) is 2.42. The number of benzene rings is 1. The van der Waals surface area contributed by atoms with Crippen LogP contribution in [-0.4, -0.2) is 14.8 Å². The Hall–Kier alpha value is -1.84. The van der Waals surface area contributed by atoms with Crippen molar-refractivity contribution >= 4 is 5.69 Å². The van der Waals surface area contributed by atoms with Crippen LogP contribution in [0.25, 0.3) is 11.4 Å². The second-order valence-electron chi connectivity index (χ2n) is 3.81. The highest BCUT2D eigenvalue weighted by Gasteiger charge is 2.03. The third-order valence-corrected chi connectivity index (χ3v) is 2.42. The minimum absolute atomic E-state index is 0.738. The van der Waals surface area contributed by atoms with E-state index in [2.05, 4.69) is 17.0 Å². The average Bonchev–Trinajstić information content (AvgIpc) is 2.75. The van der Waals surface area contributed by atoms with Crippen LogP contribution in [0.1, 0.15) is 19.8 Å². The smallest absolute Gasteiger partial charge is 0.181 e. The summed E-state index contributed by atoms with van der Waals surface area (Å²) in [6, 6.07) is 7.63. The van der Waals surface area contributed by atoms with Crippen molar-refractivity contribution in [3.63, 3.8) is 0 Å². The van der Waals surface area contributed by atoms with Gasteiger partial charge in [-0.25, -0.2) is 4.98 Å². The van der Waals surface area contributed by atoms with Crippen LogP contribution in [0.15, 0.2) is 30.6 Å². The Kier molecular flexibility index (Phi) is 3.19. The second kappa shape index (κ2) is 4.79. The first-order valence-electron chi connectivity index (χ1n) is 5.55. The fourth-order valence-electron chi connectivity index (χ4n) is 1.53. The maximum Gasteiger partial charge on any atom is 0.181 e. The van der Waals surface area contributed by atoms with Gasteiger partial charge >= 0.3 is 0 Å². The summed E-state index contributed by atoms with van der Waals surface area (Å²) >= 11 is 0. The molecule has 0 saturated carbocycles. The fourth-order valence-corrected chi connectivity index (χ4v) is 1.53. The molecular formula is C12H16N4. The number of unbranched alkanes of at least 4 members (excludes halogenated alkanes) is 1. The highest BCUT2D eigenvalue weighted by atomic mass is 15.3. The quantitative estimate of drug-likeness (QED) is 0.798. The summed E-state index contributed by atoms with van der Waals surface area (Å²) in [4.78, 5) is 4.28. The summed E-state index contributed by atoms with van der Waals surface area (Å²) in [6.45, 7) is 3.08. The van der Waals surface area contributed by atoms with E-state index in [4.69, 9.17) is 5.73 Å². The Labute approximate surface area is 95.1 Å². The van der Waals surface area contributed by atoms with Crippen LogP contribution in [0.5, 0.6) is 0 Å². The molecule has 0 aliphatic rings. The Morgan fingerprint density at radius 1 is 1.38 bits per heavy atom. The number of nitrogen functional groups attached to an aromatic ring is 1. The van der Waals surface area contributed by atoms with Crippen molar-refractivity contribution in [1.82, 2.24) is 14.8 Å². The number of hydrogen-bond donors (Lipinski definition) is 1. The van der Waals surface area contributed by atoms with Gasteiger partial charge in [0.25, 0.3) is 0 Å². The van der Waals surface area contributed by atoms with Crippen molar-refractivity contribution in [2.24, 2.45) is 0 Å². The number of aromatic nitrogens is 3.